The second-order valence-electron chi connectivity index (χ2n) is 5.83. The van der Waals surface area contributed by atoms with Crippen molar-refractivity contribution < 1.29 is 27.5 Å². The number of rotatable bonds is 5. The summed E-state index contributed by atoms with van der Waals surface area (Å²) in [6, 6.07) is 11.0. The van der Waals surface area contributed by atoms with Crippen molar-refractivity contribution in [1.29, 1.82) is 0 Å². The van der Waals surface area contributed by atoms with Gasteiger partial charge in [0, 0.05) is 9.92 Å². The molecule has 0 unspecified atom stereocenters. The van der Waals surface area contributed by atoms with Crippen molar-refractivity contribution in [2.24, 2.45) is 0 Å². The highest BCUT2D eigenvalue weighted by Crippen LogP contribution is 2.35. The average molecular weight is 431 g/mol. The van der Waals surface area contributed by atoms with Crippen LogP contribution in [0.2, 0.25) is 5.02 Å². The molecule has 10 heteroatoms. The van der Waals surface area contributed by atoms with Crippen molar-refractivity contribution in [2.75, 3.05) is 29.1 Å². The maximum Gasteiger partial charge on any atom is 0.422 e. The van der Waals surface area contributed by atoms with Crippen LogP contribution in [-0.2, 0) is 9.59 Å². The summed E-state index contributed by atoms with van der Waals surface area (Å²) in [6.07, 6.45) is -4.53. The quantitative estimate of drug-likeness (QED) is 0.765. The fourth-order valence-electron chi connectivity index (χ4n) is 2.55. The number of ether oxygens (including phenoxy) is 1. The lowest BCUT2D eigenvalue weighted by Crippen LogP contribution is -2.41. The molecule has 0 saturated heterocycles. The predicted molar refractivity (Wildman–Crippen MR) is 101 cm³/mol. The number of hydrogen-bond acceptors (Lipinski definition) is 4. The molecule has 0 aliphatic carbocycles. The molecule has 0 spiro atoms. The molecule has 0 saturated carbocycles. The molecule has 28 heavy (non-hydrogen) atoms. The molecule has 5 nitrogen and oxygen atoms in total. The second kappa shape index (κ2) is 8.32. The molecule has 0 bridgehead atoms. The smallest absolute Gasteiger partial charge is 0.422 e. The van der Waals surface area contributed by atoms with E-state index in [-0.39, 0.29) is 34.7 Å². The van der Waals surface area contributed by atoms with E-state index >= 15 is 0 Å². The Kier molecular flexibility index (Phi) is 6.04. The molecule has 1 aliphatic rings. The standard InChI is InChI=1S/C18H14ClF3N2O3S/c19-11-5-6-14(27-10-18(20,21)22)12(7-11)23-16(25)8-24-13-3-1-2-4-15(13)28-9-17(24)26/h1-7H,8-10H2,(H,23,25). The van der Waals surface area contributed by atoms with Gasteiger partial charge in [-0.2, -0.15) is 13.2 Å². The van der Waals surface area contributed by atoms with E-state index in [1.165, 1.54) is 34.9 Å². The maximum absolute atomic E-state index is 12.5. The van der Waals surface area contributed by atoms with Gasteiger partial charge in [-0.3, -0.25) is 9.59 Å². The Balaban J connectivity index is 1.75. The summed E-state index contributed by atoms with van der Waals surface area (Å²) in [4.78, 5) is 26.9. The minimum atomic E-state index is -4.53. The van der Waals surface area contributed by atoms with Crippen LogP contribution in [0.5, 0.6) is 5.75 Å². The van der Waals surface area contributed by atoms with Crippen molar-refractivity contribution in [3.63, 3.8) is 0 Å². The number of amides is 2. The molecule has 2 aromatic carbocycles. The van der Waals surface area contributed by atoms with E-state index in [0.29, 0.717) is 5.69 Å². The lowest BCUT2D eigenvalue weighted by atomic mass is 10.2. The van der Waals surface area contributed by atoms with E-state index < -0.39 is 18.7 Å². The Hall–Kier alpha value is -2.39. The molecule has 0 fully saturated rings. The van der Waals surface area contributed by atoms with E-state index in [9.17, 15) is 22.8 Å². The molecular weight excluding hydrogens is 417 g/mol. The molecule has 1 N–H and O–H groups in total. The van der Waals surface area contributed by atoms with Crippen LogP contribution in [0.1, 0.15) is 0 Å². The first-order valence-electron chi connectivity index (χ1n) is 8.04. The van der Waals surface area contributed by atoms with Crippen molar-refractivity contribution >= 4 is 46.6 Å². The van der Waals surface area contributed by atoms with Crippen LogP contribution < -0.4 is 15.0 Å². The van der Waals surface area contributed by atoms with Crippen LogP contribution in [0, 0.1) is 0 Å². The van der Waals surface area contributed by atoms with Gasteiger partial charge in [-0.05, 0) is 30.3 Å². The Morgan fingerprint density at radius 1 is 1.25 bits per heavy atom. The highest BCUT2D eigenvalue weighted by atomic mass is 35.5. The Labute approximate surface area is 167 Å². The fraction of sp³-hybridized carbons (Fsp3) is 0.222. The summed E-state index contributed by atoms with van der Waals surface area (Å²) in [5, 5.41) is 2.68. The van der Waals surface area contributed by atoms with Gasteiger partial charge in [0.2, 0.25) is 11.8 Å². The van der Waals surface area contributed by atoms with E-state index in [0.717, 1.165) is 4.90 Å². The highest BCUT2D eigenvalue weighted by Gasteiger charge is 2.29. The number of carbonyl (C=O) groups excluding carboxylic acids is 2. The number of fused-ring (bicyclic) bond motifs is 1. The lowest BCUT2D eigenvalue weighted by Gasteiger charge is -2.28. The zero-order valence-corrected chi connectivity index (χ0v) is 15.8. The summed E-state index contributed by atoms with van der Waals surface area (Å²) >= 11 is 7.25. The fourth-order valence-corrected chi connectivity index (χ4v) is 3.65. The van der Waals surface area contributed by atoms with Crippen LogP contribution in [0.4, 0.5) is 24.5 Å². The minimum absolute atomic E-state index is 0.00568. The number of alkyl halides is 3. The number of anilines is 2. The molecular formula is C18H14ClF3N2O3S. The molecule has 0 radical (unpaired) electrons. The summed E-state index contributed by atoms with van der Waals surface area (Å²) in [6.45, 7) is -1.80. The second-order valence-corrected chi connectivity index (χ2v) is 7.28. The number of carbonyl (C=O) groups is 2. The van der Waals surface area contributed by atoms with E-state index in [2.05, 4.69) is 5.32 Å². The zero-order chi connectivity index (χ0) is 20.3. The number of nitrogens with one attached hydrogen (secondary N) is 1. The SMILES string of the molecule is O=C(CN1C(=O)CSc2ccccc21)Nc1cc(Cl)ccc1OCC(F)(F)F. The molecule has 0 aromatic heterocycles. The lowest BCUT2D eigenvalue weighted by molar-refractivity contribution is -0.153. The van der Waals surface area contributed by atoms with Crippen LogP contribution in [-0.4, -0.2) is 36.9 Å². The number of hydrogen-bond donors (Lipinski definition) is 1. The van der Waals surface area contributed by atoms with Crippen molar-refractivity contribution in [3.8, 4) is 5.75 Å². The third-order valence-corrected chi connectivity index (χ3v) is 5.00. The van der Waals surface area contributed by atoms with Crippen molar-refractivity contribution in [1.82, 2.24) is 0 Å². The van der Waals surface area contributed by atoms with Gasteiger partial charge in [0.25, 0.3) is 0 Å². The van der Waals surface area contributed by atoms with Gasteiger partial charge in [0.1, 0.15) is 12.3 Å². The van der Waals surface area contributed by atoms with E-state index in [1.807, 2.05) is 12.1 Å². The van der Waals surface area contributed by atoms with Gasteiger partial charge in [-0.15, -0.1) is 11.8 Å². The summed E-state index contributed by atoms with van der Waals surface area (Å²) in [5.41, 5.74) is 0.604. The first-order valence-corrected chi connectivity index (χ1v) is 9.40. The predicted octanol–water partition coefficient (Wildman–Crippen LogP) is 4.36. The maximum atomic E-state index is 12.5. The summed E-state index contributed by atoms with van der Waals surface area (Å²) < 4.78 is 42.0. The van der Waals surface area contributed by atoms with Gasteiger partial charge < -0.3 is 15.0 Å². The first-order chi connectivity index (χ1) is 13.2. The molecule has 1 aliphatic heterocycles. The highest BCUT2D eigenvalue weighted by molar-refractivity contribution is 8.00. The number of para-hydroxylation sites is 1. The average Bonchev–Trinajstić information content (AvgIpc) is 2.63. The zero-order valence-electron chi connectivity index (χ0n) is 14.3. The van der Waals surface area contributed by atoms with E-state index in [4.69, 9.17) is 16.3 Å². The number of thioether (sulfide) groups is 1. The third-order valence-electron chi connectivity index (χ3n) is 3.72. The molecule has 2 aromatic rings. The van der Waals surface area contributed by atoms with Crippen molar-refractivity contribution in [3.05, 3.63) is 47.5 Å². The first kappa shape index (κ1) is 20.3. The Morgan fingerprint density at radius 3 is 2.75 bits per heavy atom. The molecule has 148 valence electrons. The van der Waals surface area contributed by atoms with Gasteiger partial charge in [-0.1, -0.05) is 23.7 Å². The Morgan fingerprint density at radius 2 is 2.00 bits per heavy atom. The Bertz CT molecular complexity index is 908. The summed E-state index contributed by atoms with van der Waals surface area (Å²) in [5.74, 6) is -0.801. The summed E-state index contributed by atoms with van der Waals surface area (Å²) in [7, 11) is 0. The molecule has 0 atom stereocenters. The topological polar surface area (TPSA) is 58.6 Å². The minimum Gasteiger partial charge on any atom is -0.482 e. The van der Waals surface area contributed by atoms with Gasteiger partial charge in [0.05, 0.1) is 17.1 Å². The van der Waals surface area contributed by atoms with Gasteiger partial charge in [-0.25, -0.2) is 0 Å². The number of benzene rings is 2. The largest absolute Gasteiger partial charge is 0.482 e. The van der Waals surface area contributed by atoms with Crippen LogP contribution in [0.25, 0.3) is 0 Å². The monoisotopic (exact) mass is 430 g/mol. The van der Waals surface area contributed by atoms with Crippen LogP contribution >= 0.6 is 23.4 Å². The van der Waals surface area contributed by atoms with Crippen LogP contribution in [0.15, 0.2) is 47.4 Å². The number of halogens is 4. The molecule has 2 amide bonds. The third kappa shape index (κ3) is 5.11. The number of nitrogens with zero attached hydrogens (tertiary/aromatic N) is 1. The van der Waals surface area contributed by atoms with Crippen LogP contribution in [0.3, 0.4) is 0 Å². The molecule has 3 rings (SSSR count). The van der Waals surface area contributed by atoms with Gasteiger partial charge >= 0.3 is 6.18 Å². The van der Waals surface area contributed by atoms with Gasteiger partial charge in [0.15, 0.2) is 6.61 Å². The normalized spacial score (nSPS) is 13.9. The molecule has 1 heterocycles. The van der Waals surface area contributed by atoms with Crippen molar-refractivity contribution in [2.45, 2.75) is 11.1 Å². The van der Waals surface area contributed by atoms with E-state index in [1.54, 1.807) is 12.1 Å².